The smallest absolute Gasteiger partial charge is 0.195 e. The second kappa shape index (κ2) is 10.4. The Hall–Kier alpha value is -2.39. The van der Waals surface area contributed by atoms with E-state index >= 15 is 0 Å². The highest BCUT2D eigenvalue weighted by atomic mass is 16.5. The third-order valence-electron chi connectivity index (χ3n) is 5.60. The Morgan fingerprint density at radius 1 is 1.00 bits per heavy atom. The van der Waals surface area contributed by atoms with Crippen molar-refractivity contribution in [2.45, 2.75) is 58.8 Å². The molecule has 154 valence electrons. The lowest BCUT2D eigenvalue weighted by atomic mass is 9.92. The van der Waals surface area contributed by atoms with Crippen molar-refractivity contribution in [1.82, 2.24) is 4.98 Å². The summed E-state index contributed by atoms with van der Waals surface area (Å²) in [6.07, 6.45) is 6.23. The third-order valence-corrected chi connectivity index (χ3v) is 5.60. The van der Waals surface area contributed by atoms with Crippen LogP contribution < -0.4 is 0 Å². The van der Waals surface area contributed by atoms with Crippen LogP contribution in [0.5, 0.6) is 0 Å². The van der Waals surface area contributed by atoms with Crippen molar-refractivity contribution in [1.29, 1.82) is 0 Å². The summed E-state index contributed by atoms with van der Waals surface area (Å²) in [6, 6.07) is 15.8. The molecule has 0 aliphatic carbocycles. The Balaban J connectivity index is 1.77. The third kappa shape index (κ3) is 5.16. The first-order valence-electron chi connectivity index (χ1n) is 10.9. The SMILES string of the molecule is CCCCCCCOCC(C)c1cccc2[nH]c(C)c(C(=O)c3ccccc3)c12. The molecule has 0 fully saturated rings. The number of H-pyrrole nitrogens is 1. The summed E-state index contributed by atoms with van der Waals surface area (Å²) in [5.41, 5.74) is 4.63. The number of fused-ring (bicyclic) bond motifs is 1. The predicted octanol–water partition coefficient (Wildman–Crippen LogP) is 6.80. The van der Waals surface area contributed by atoms with Crippen LogP contribution in [0.1, 0.15) is 79.0 Å². The Morgan fingerprint density at radius 2 is 1.76 bits per heavy atom. The number of benzene rings is 2. The van der Waals surface area contributed by atoms with E-state index in [1.807, 2.05) is 37.3 Å². The number of hydrogen-bond donors (Lipinski definition) is 1. The normalized spacial score (nSPS) is 12.4. The van der Waals surface area contributed by atoms with Crippen LogP contribution in [0.2, 0.25) is 0 Å². The number of ether oxygens (including phenoxy) is 1. The van der Waals surface area contributed by atoms with E-state index in [0.29, 0.717) is 6.61 Å². The minimum atomic E-state index is 0.0749. The number of nitrogens with one attached hydrogen (secondary N) is 1. The van der Waals surface area contributed by atoms with E-state index in [9.17, 15) is 4.79 Å². The molecular weight excluding hydrogens is 358 g/mol. The van der Waals surface area contributed by atoms with Gasteiger partial charge in [0, 0.05) is 34.7 Å². The zero-order valence-electron chi connectivity index (χ0n) is 18.0. The number of aryl methyl sites for hydroxylation is 1. The zero-order chi connectivity index (χ0) is 20.6. The second-order valence-electron chi connectivity index (χ2n) is 7.98. The molecule has 0 aliphatic heterocycles. The summed E-state index contributed by atoms with van der Waals surface area (Å²) in [6.45, 7) is 7.89. The number of rotatable bonds is 11. The van der Waals surface area contributed by atoms with E-state index in [0.717, 1.165) is 40.8 Å². The van der Waals surface area contributed by atoms with Gasteiger partial charge in [-0.25, -0.2) is 0 Å². The Bertz CT molecular complexity index is 927. The summed E-state index contributed by atoms with van der Waals surface area (Å²) in [5, 5.41) is 1.04. The number of aromatic nitrogens is 1. The average Bonchev–Trinajstić information content (AvgIpc) is 3.08. The van der Waals surface area contributed by atoms with E-state index in [1.54, 1.807) is 0 Å². The monoisotopic (exact) mass is 391 g/mol. The lowest BCUT2D eigenvalue weighted by Crippen LogP contribution is -2.08. The standard InChI is InChI=1S/C26H33NO2/c1-4-5-6-7-11-17-29-18-19(2)22-15-12-16-23-25(22)24(20(3)27-23)26(28)21-13-9-8-10-14-21/h8-10,12-16,19,27H,4-7,11,17-18H2,1-3H3. The fourth-order valence-electron chi connectivity index (χ4n) is 3.99. The fraction of sp³-hybridized carbons (Fsp3) is 0.423. The topological polar surface area (TPSA) is 42.1 Å². The molecule has 0 spiro atoms. The Kier molecular flexibility index (Phi) is 7.65. The van der Waals surface area contributed by atoms with Gasteiger partial charge in [0.05, 0.1) is 12.2 Å². The van der Waals surface area contributed by atoms with Crippen LogP contribution in [0.15, 0.2) is 48.5 Å². The molecule has 3 aromatic rings. The molecule has 0 saturated heterocycles. The minimum Gasteiger partial charge on any atom is -0.381 e. The van der Waals surface area contributed by atoms with Gasteiger partial charge in [0.25, 0.3) is 0 Å². The molecule has 0 amide bonds. The molecule has 0 aliphatic rings. The van der Waals surface area contributed by atoms with Gasteiger partial charge in [0.1, 0.15) is 0 Å². The van der Waals surface area contributed by atoms with Crippen LogP contribution in [0.25, 0.3) is 10.9 Å². The van der Waals surface area contributed by atoms with Gasteiger partial charge >= 0.3 is 0 Å². The summed E-state index contributed by atoms with van der Waals surface area (Å²) >= 11 is 0. The molecule has 3 heteroatoms. The first-order valence-corrected chi connectivity index (χ1v) is 10.9. The lowest BCUT2D eigenvalue weighted by molar-refractivity contribution is 0.103. The van der Waals surface area contributed by atoms with Crippen molar-refractivity contribution < 1.29 is 9.53 Å². The molecule has 0 saturated carbocycles. The molecule has 1 unspecified atom stereocenters. The van der Waals surface area contributed by atoms with E-state index in [-0.39, 0.29) is 11.7 Å². The van der Waals surface area contributed by atoms with E-state index in [2.05, 4.69) is 37.0 Å². The fourth-order valence-corrected chi connectivity index (χ4v) is 3.99. The van der Waals surface area contributed by atoms with Crippen molar-refractivity contribution >= 4 is 16.7 Å². The Labute approximate surface area is 174 Å². The van der Waals surface area contributed by atoms with Crippen LogP contribution >= 0.6 is 0 Å². The summed E-state index contributed by atoms with van der Waals surface area (Å²) in [5.74, 6) is 0.303. The first kappa shape index (κ1) is 21.3. The summed E-state index contributed by atoms with van der Waals surface area (Å²) < 4.78 is 5.98. The van der Waals surface area contributed by atoms with E-state index in [4.69, 9.17) is 4.74 Å². The first-order chi connectivity index (χ1) is 14.1. The van der Waals surface area contributed by atoms with Gasteiger partial charge in [-0.2, -0.15) is 0 Å². The van der Waals surface area contributed by atoms with Crippen LogP contribution in [-0.2, 0) is 4.74 Å². The molecule has 3 rings (SSSR count). The molecule has 2 aromatic carbocycles. The quantitative estimate of drug-likeness (QED) is 0.288. The number of aromatic amines is 1. The molecule has 1 atom stereocenters. The maximum absolute atomic E-state index is 13.3. The average molecular weight is 392 g/mol. The zero-order valence-corrected chi connectivity index (χ0v) is 18.0. The molecule has 1 N–H and O–H groups in total. The van der Waals surface area contributed by atoms with Crippen molar-refractivity contribution in [3.8, 4) is 0 Å². The molecule has 0 radical (unpaired) electrons. The van der Waals surface area contributed by atoms with Gasteiger partial charge in [-0.05, 0) is 25.0 Å². The van der Waals surface area contributed by atoms with Gasteiger partial charge in [-0.3, -0.25) is 4.79 Å². The van der Waals surface area contributed by atoms with Crippen LogP contribution in [-0.4, -0.2) is 24.0 Å². The van der Waals surface area contributed by atoms with Crippen molar-refractivity contribution in [3.05, 3.63) is 70.9 Å². The second-order valence-corrected chi connectivity index (χ2v) is 7.98. The molecule has 3 nitrogen and oxygen atoms in total. The highest BCUT2D eigenvalue weighted by Crippen LogP contribution is 2.32. The maximum atomic E-state index is 13.3. The maximum Gasteiger partial charge on any atom is 0.195 e. The van der Waals surface area contributed by atoms with E-state index < -0.39 is 0 Å². The highest BCUT2D eigenvalue weighted by molar-refractivity contribution is 6.18. The molecule has 1 heterocycles. The largest absolute Gasteiger partial charge is 0.381 e. The van der Waals surface area contributed by atoms with Crippen LogP contribution in [0.3, 0.4) is 0 Å². The molecule has 0 bridgehead atoms. The molecular formula is C26H33NO2. The van der Waals surface area contributed by atoms with Gasteiger partial charge in [-0.15, -0.1) is 0 Å². The summed E-state index contributed by atoms with van der Waals surface area (Å²) in [4.78, 5) is 16.7. The van der Waals surface area contributed by atoms with Gasteiger partial charge in [0.2, 0.25) is 0 Å². The minimum absolute atomic E-state index is 0.0749. The van der Waals surface area contributed by atoms with Crippen molar-refractivity contribution in [2.24, 2.45) is 0 Å². The van der Waals surface area contributed by atoms with Gasteiger partial charge < -0.3 is 9.72 Å². The van der Waals surface area contributed by atoms with Crippen LogP contribution in [0.4, 0.5) is 0 Å². The molecule has 29 heavy (non-hydrogen) atoms. The van der Waals surface area contributed by atoms with Gasteiger partial charge in [0.15, 0.2) is 5.78 Å². The summed E-state index contributed by atoms with van der Waals surface area (Å²) in [7, 11) is 0. The Morgan fingerprint density at radius 3 is 2.52 bits per heavy atom. The lowest BCUT2D eigenvalue weighted by Gasteiger charge is -2.15. The van der Waals surface area contributed by atoms with Crippen molar-refractivity contribution in [3.63, 3.8) is 0 Å². The highest BCUT2D eigenvalue weighted by Gasteiger charge is 2.21. The number of unbranched alkanes of at least 4 members (excludes halogenated alkanes) is 4. The van der Waals surface area contributed by atoms with E-state index in [1.165, 1.54) is 31.2 Å². The van der Waals surface area contributed by atoms with Crippen LogP contribution in [0, 0.1) is 6.92 Å². The predicted molar refractivity (Wildman–Crippen MR) is 121 cm³/mol. The number of carbonyl (C=O) groups is 1. The number of hydrogen-bond acceptors (Lipinski definition) is 2. The number of ketones is 1. The van der Waals surface area contributed by atoms with Gasteiger partial charge in [-0.1, -0.05) is 82.0 Å². The number of carbonyl (C=O) groups excluding carboxylic acids is 1. The van der Waals surface area contributed by atoms with Crippen molar-refractivity contribution in [2.75, 3.05) is 13.2 Å². The molecule has 1 aromatic heterocycles.